The lowest BCUT2D eigenvalue weighted by molar-refractivity contribution is -0.190. The molecule has 1 atom stereocenters. The highest BCUT2D eigenvalue weighted by atomic mass is 16.4. The van der Waals surface area contributed by atoms with Gasteiger partial charge in [-0.25, -0.2) is 0 Å². The van der Waals surface area contributed by atoms with Crippen molar-refractivity contribution < 1.29 is 15.0 Å². The second kappa shape index (κ2) is 4.80. The van der Waals surface area contributed by atoms with Gasteiger partial charge < -0.3 is 15.5 Å². The summed E-state index contributed by atoms with van der Waals surface area (Å²) in [5.74, 6) is 0.202. The fourth-order valence-corrected chi connectivity index (χ4v) is 3.99. The molecule has 4 heteroatoms. The molecular weight excluding hydrogens is 278 g/mol. The predicted molar refractivity (Wildman–Crippen MR) is 84.2 cm³/mol. The molecule has 1 aromatic rings. The average Bonchev–Trinajstić information content (AvgIpc) is 2.72. The van der Waals surface area contributed by atoms with Crippen molar-refractivity contribution in [3.63, 3.8) is 0 Å². The molecule has 1 unspecified atom stereocenters. The number of amides is 1. The van der Waals surface area contributed by atoms with Crippen LogP contribution >= 0.6 is 0 Å². The summed E-state index contributed by atoms with van der Waals surface area (Å²) in [5, 5.41) is 24.8. The Bertz CT molecular complexity index is 597. The molecule has 2 aliphatic rings. The third-order valence-electron chi connectivity index (χ3n) is 5.57. The third kappa shape index (κ3) is 2.17. The van der Waals surface area contributed by atoms with E-state index in [2.05, 4.69) is 26.1 Å². The number of benzene rings is 1. The number of rotatable bonds is 1. The van der Waals surface area contributed by atoms with Gasteiger partial charge in [0.25, 0.3) is 5.91 Å². The van der Waals surface area contributed by atoms with Crippen molar-refractivity contribution in [3.8, 4) is 0 Å². The highest BCUT2D eigenvalue weighted by Gasteiger charge is 2.57. The van der Waals surface area contributed by atoms with E-state index in [9.17, 15) is 15.0 Å². The van der Waals surface area contributed by atoms with E-state index < -0.39 is 11.3 Å². The van der Waals surface area contributed by atoms with Crippen LogP contribution in [0.15, 0.2) is 24.3 Å². The summed E-state index contributed by atoms with van der Waals surface area (Å²) in [5.41, 5.74) is -1.84. The Kier molecular flexibility index (Phi) is 3.38. The van der Waals surface area contributed by atoms with E-state index in [4.69, 9.17) is 0 Å². The lowest BCUT2D eigenvalue weighted by Gasteiger charge is -2.47. The molecule has 1 aliphatic carbocycles. The van der Waals surface area contributed by atoms with E-state index in [1.807, 2.05) is 0 Å². The molecule has 1 saturated carbocycles. The Hall–Kier alpha value is -1.39. The fourth-order valence-electron chi connectivity index (χ4n) is 3.99. The molecule has 1 fully saturated rings. The van der Waals surface area contributed by atoms with Crippen LogP contribution in [-0.2, 0) is 5.72 Å². The molecule has 0 radical (unpaired) electrons. The van der Waals surface area contributed by atoms with Crippen LogP contribution in [0.25, 0.3) is 0 Å². The molecular formula is C18H25NO3. The van der Waals surface area contributed by atoms with Gasteiger partial charge in [-0.1, -0.05) is 39.0 Å². The maximum Gasteiger partial charge on any atom is 0.254 e. The summed E-state index contributed by atoms with van der Waals surface area (Å²) in [4.78, 5) is 12.1. The van der Waals surface area contributed by atoms with Crippen molar-refractivity contribution in [3.05, 3.63) is 35.4 Å². The number of nitrogens with one attached hydrogen (secondary N) is 1. The number of hydrogen-bond donors (Lipinski definition) is 3. The zero-order valence-electron chi connectivity index (χ0n) is 13.5. The van der Waals surface area contributed by atoms with Crippen molar-refractivity contribution in [2.24, 2.45) is 11.3 Å². The van der Waals surface area contributed by atoms with Crippen LogP contribution in [0.4, 0.5) is 0 Å². The topological polar surface area (TPSA) is 69.6 Å². The standard InChI is InChI=1S/C18H25NO3/c1-16(2,3)12-8-10-17(21,11-9-12)18(22)14-7-5-4-6-13(14)15(20)19-18/h4-7,12,21-22H,8-11H2,1-3H3,(H,19,20). The Balaban J connectivity index is 1.90. The van der Waals surface area contributed by atoms with E-state index in [-0.39, 0.29) is 11.3 Å². The van der Waals surface area contributed by atoms with Gasteiger partial charge in [0, 0.05) is 11.1 Å². The zero-order chi connectivity index (χ0) is 16.2. The van der Waals surface area contributed by atoms with E-state index in [0.29, 0.717) is 29.9 Å². The van der Waals surface area contributed by atoms with Crippen LogP contribution in [0.5, 0.6) is 0 Å². The minimum absolute atomic E-state index is 0.195. The maximum absolute atomic E-state index is 12.1. The second-order valence-corrected chi connectivity index (χ2v) is 7.88. The highest BCUT2D eigenvalue weighted by Crippen LogP contribution is 2.49. The molecule has 22 heavy (non-hydrogen) atoms. The van der Waals surface area contributed by atoms with Gasteiger partial charge in [-0.3, -0.25) is 4.79 Å². The van der Waals surface area contributed by atoms with Crippen molar-refractivity contribution in [1.82, 2.24) is 5.32 Å². The van der Waals surface area contributed by atoms with Gasteiger partial charge >= 0.3 is 0 Å². The molecule has 0 spiro atoms. The molecule has 1 aliphatic heterocycles. The SMILES string of the molecule is CC(C)(C)C1CCC(O)(C2(O)NC(=O)c3ccccc32)CC1. The molecule has 3 N–H and O–H groups in total. The molecule has 3 rings (SSSR count). The zero-order valence-corrected chi connectivity index (χ0v) is 13.5. The van der Waals surface area contributed by atoms with Gasteiger partial charge in [0.1, 0.15) is 5.60 Å². The molecule has 0 bridgehead atoms. The molecule has 120 valence electrons. The number of carbonyl (C=O) groups excluding carboxylic acids is 1. The third-order valence-corrected chi connectivity index (χ3v) is 5.57. The molecule has 1 heterocycles. The number of carbonyl (C=O) groups is 1. The normalized spacial score (nSPS) is 35.1. The summed E-state index contributed by atoms with van der Waals surface area (Å²) in [6.07, 6.45) is 2.67. The van der Waals surface area contributed by atoms with Gasteiger partial charge in [-0.15, -0.1) is 0 Å². The van der Waals surface area contributed by atoms with E-state index >= 15 is 0 Å². The Labute approximate surface area is 131 Å². The average molecular weight is 303 g/mol. The molecule has 1 aromatic carbocycles. The van der Waals surface area contributed by atoms with Crippen LogP contribution in [0, 0.1) is 11.3 Å². The first-order valence-corrected chi connectivity index (χ1v) is 8.04. The van der Waals surface area contributed by atoms with E-state index in [1.165, 1.54) is 0 Å². The van der Waals surface area contributed by atoms with Crippen molar-refractivity contribution >= 4 is 5.91 Å². The minimum atomic E-state index is -1.68. The highest BCUT2D eigenvalue weighted by molar-refractivity contribution is 5.99. The monoisotopic (exact) mass is 303 g/mol. The van der Waals surface area contributed by atoms with E-state index in [1.54, 1.807) is 24.3 Å². The Morgan fingerprint density at radius 3 is 2.32 bits per heavy atom. The summed E-state index contributed by atoms with van der Waals surface area (Å²) >= 11 is 0. The number of fused-ring (bicyclic) bond motifs is 1. The first-order valence-electron chi connectivity index (χ1n) is 8.04. The molecule has 0 saturated heterocycles. The lowest BCUT2D eigenvalue weighted by atomic mass is 9.65. The molecule has 1 amide bonds. The maximum atomic E-state index is 12.1. The summed E-state index contributed by atoms with van der Waals surface area (Å²) in [7, 11) is 0. The van der Waals surface area contributed by atoms with Crippen LogP contribution in [0.3, 0.4) is 0 Å². The summed E-state index contributed by atoms with van der Waals surface area (Å²) in [6.45, 7) is 6.64. The van der Waals surface area contributed by atoms with Gasteiger partial charge in [-0.05, 0) is 43.1 Å². The van der Waals surface area contributed by atoms with Gasteiger partial charge in [-0.2, -0.15) is 0 Å². The first-order chi connectivity index (χ1) is 10.2. The Morgan fingerprint density at radius 2 is 1.73 bits per heavy atom. The minimum Gasteiger partial charge on any atom is -0.384 e. The lowest BCUT2D eigenvalue weighted by Crippen LogP contribution is -2.60. The van der Waals surface area contributed by atoms with Crippen molar-refractivity contribution in [2.45, 2.75) is 57.8 Å². The van der Waals surface area contributed by atoms with Gasteiger partial charge in [0.15, 0.2) is 5.72 Å². The summed E-state index contributed by atoms with van der Waals surface area (Å²) < 4.78 is 0. The van der Waals surface area contributed by atoms with Crippen LogP contribution in [0.1, 0.15) is 62.4 Å². The van der Waals surface area contributed by atoms with Crippen LogP contribution < -0.4 is 5.32 Å². The molecule has 0 aromatic heterocycles. The Morgan fingerprint density at radius 1 is 1.14 bits per heavy atom. The van der Waals surface area contributed by atoms with Gasteiger partial charge in [0.2, 0.25) is 0 Å². The van der Waals surface area contributed by atoms with E-state index in [0.717, 1.165) is 12.8 Å². The number of aliphatic hydroxyl groups is 2. The first kappa shape index (κ1) is 15.5. The summed E-state index contributed by atoms with van der Waals surface area (Å²) in [6, 6.07) is 6.97. The smallest absolute Gasteiger partial charge is 0.254 e. The quantitative estimate of drug-likeness (QED) is 0.747. The molecule has 4 nitrogen and oxygen atoms in total. The van der Waals surface area contributed by atoms with Crippen molar-refractivity contribution in [2.75, 3.05) is 0 Å². The largest absolute Gasteiger partial charge is 0.384 e. The predicted octanol–water partition coefficient (Wildman–Crippen LogP) is 2.54. The van der Waals surface area contributed by atoms with Crippen molar-refractivity contribution in [1.29, 1.82) is 0 Å². The fraction of sp³-hybridized carbons (Fsp3) is 0.611. The number of hydrogen-bond acceptors (Lipinski definition) is 3. The van der Waals surface area contributed by atoms with Gasteiger partial charge in [0.05, 0.1) is 0 Å². The van der Waals surface area contributed by atoms with Crippen LogP contribution in [0.2, 0.25) is 0 Å². The van der Waals surface area contributed by atoms with Crippen LogP contribution in [-0.4, -0.2) is 21.7 Å². The second-order valence-electron chi connectivity index (χ2n) is 7.88.